The van der Waals surface area contributed by atoms with Gasteiger partial charge in [-0.25, -0.2) is 4.57 Å². The molecule has 52 heavy (non-hydrogen) atoms. The summed E-state index contributed by atoms with van der Waals surface area (Å²) in [7, 11) is 1.88. The SMILES string of the molecule is CCCCC/C=C\C/C=C\CCCCCCCCOC[C@H](COP(=O)(O)OCC[N+](C)(C)C)OCCCCCCCC/C=C\C/C=C\CCCCC. The van der Waals surface area contributed by atoms with Crippen molar-refractivity contribution in [2.75, 3.05) is 60.7 Å². The van der Waals surface area contributed by atoms with Crippen molar-refractivity contribution in [3.63, 3.8) is 0 Å². The molecule has 0 heterocycles. The van der Waals surface area contributed by atoms with Crippen molar-refractivity contribution >= 4 is 7.82 Å². The number of rotatable bonds is 40. The van der Waals surface area contributed by atoms with E-state index < -0.39 is 13.9 Å². The van der Waals surface area contributed by atoms with Gasteiger partial charge in [0, 0.05) is 13.2 Å². The summed E-state index contributed by atoms with van der Waals surface area (Å²) in [5.74, 6) is 0. The molecule has 0 spiro atoms. The molecule has 2 atom stereocenters. The van der Waals surface area contributed by atoms with E-state index in [1.54, 1.807) is 0 Å². The summed E-state index contributed by atoms with van der Waals surface area (Å²) in [5, 5.41) is 0. The summed E-state index contributed by atoms with van der Waals surface area (Å²) in [6.07, 6.45) is 47.0. The highest BCUT2D eigenvalue weighted by Gasteiger charge is 2.25. The van der Waals surface area contributed by atoms with E-state index in [1.165, 1.54) is 109 Å². The second kappa shape index (κ2) is 38.2. The number of unbranched alkanes of at least 4 members (excludes halogenated alkanes) is 18. The zero-order chi connectivity index (χ0) is 38.3. The number of hydrogen-bond donors (Lipinski definition) is 1. The van der Waals surface area contributed by atoms with Crippen molar-refractivity contribution in [2.45, 2.75) is 174 Å². The third-order valence-electron chi connectivity index (χ3n) is 8.93. The highest BCUT2D eigenvalue weighted by molar-refractivity contribution is 7.47. The van der Waals surface area contributed by atoms with Crippen LogP contribution < -0.4 is 0 Å². The molecule has 0 aliphatic carbocycles. The summed E-state index contributed by atoms with van der Waals surface area (Å²) >= 11 is 0. The number of likely N-dealkylation sites (N-methyl/N-ethyl adjacent to an activating group) is 1. The van der Waals surface area contributed by atoms with E-state index in [4.69, 9.17) is 18.5 Å². The van der Waals surface area contributed by atoms with Crippen molar-refractivity contribution in [3.05, 3.63) is 48.6 Å². The van der Waals surface area contributed by atoms with Crippen LogP contribution in [0.5, 0.6) is 0 Å². The van der Waals surface area contributed by atoms with Crippen LogP contribution in [-0.2, 0) is 23.1 Å². The molecule has 0 aromatic heterocycles. The highest BCUT2D eigenvalue weighted by Crippen LogP contribution is 2.43. The van der Waals surface area contributed by atoms with Crippen molar-refractivity contribution in [1.82, 2.24) is 0 Å². The molecule has 0 radical (unpaired) electrons. The maximum atomic E-state index is 12.5. The Morgan fingerprint density at radius 1 is 0.519 bits per heavy atom. The molecular weight excluding hydrogens is 669 g/mol. The third kappa shape index (κ3) is 41.7. The van der Waals surface area contributed by atoms with Crippen LogP contribution in [0.2, 0.25) is 0 Å². The van der Waals surface area contributed by atoms with E-state index in [-0.39, 0.29) is 13.2 Å². The standard InChI is InChI=1S/C44H84NO6P/c1-6-8-10-12-14-16-18-20-22-24-26-28-30-32-34-36-39-48-42-44(43-51-52(46,47)50-41-38-45(3,4)5)49-40-37-35-33-31-29-27-25-23-21-19-17-15-13-11-9-7-2/h14-17,20-23,44H,6-13,18-19,24-43H2,1-5H3/p+1/b16-14-,17-15-,22-20-,23-21-/t44-/m1/s1. The molecule has 0 rings (SSSR count). The van der Waals surface area contributed by atoms with Crippen LogP contribution >= 0.6 is 7.82 Å². The Balaban J connectivity index is 4.17. The summed E-state index contributed by atoms with van der Waals surface area (Å²) in [4.78, 5) is 10.2. The Kier molecular flexibility index (Phi) is 37.5. The van der Waals surface area contributed by atoms with Gasteiger partial charge in [0.05, 0.1) is 34.4 Å². The lowest BCUT2D eigenvalue weighted by atomic mass is 10.1. The molecule has 0 bridgehead atoms. The first-order chi connectivity index (χ1) is 25.2. The lowest BCUT2D eigenvalue weighted by Crippen LogP contribution is -2.37. The van der Waals surface area contributed by atoms with Crippen LogP contribution in [0.3, 0.4) is 0 Å². The van der Waals surface area contributed by atoms with Crippen LogP contribution in [0.25, 0.3) is 0 Å². The van der Waals surface area contributed by atoms with Crippen LogP contribution in [0.15, 0.2) is 48.6 Å². The molecule has 306 valence electrons. The molecule has 7 nitrogen and oxygen atoms in total. The molecule has 0 amide bonds. The fourth-order valence-electron chi connectivity index (χ4n) is 5.54. The molecular formula is C44H85NO6P+. The number of allylic oxidation sites excluding steroid dienone is 8. The highest BCUT2D eigenvalue weighted by atomic mass is 31.2. The number of nitrogens with zero attached hydrogens (tertiary/aromatic N) is 1. The van der Waals surface area contributed by atoms with E-state index in [1.807, 2.05) is 21.1 Å². The van der Waals surface area contributed by atoms with Crippen LogP contribution in [-0.4, -0.2) is 76.2 Å². The van der Waals surface area contributed by atoms with Gasteiger partial charge in [-0.3, -0.25) is 9.05 Å². The Bertz CT molecular complexity index is 913. The molecule has 0 aromatic rings. The van der Waals surface area contributed by atoms with Gasteiger partial charge in [0.1, 0.15) is 19.3 Å². The van der Waals surface area contributed by atoms with Gasteiger partial charge in [0.25, 0.3) is 0 Å². The molecule has 0 aromatic carbocycles. The molecule has 0 saturated heterocycles. The third-order valence-corrected chi connectivity index (χ3v) is 9.92. The van der Waals surface area contributed by atoms with Gasteiger partial charge in [-0.2, -0.15) is 0 Å². The number of phosphoric ester groups is 1. The Labute approximate surface area is 322 Å². The van der Waals surface area contributed by atoms with E-state index in [0.29, 0.717) is 30.8 Å². The van der Waals surface area contributed by atoms with E-state index >= 15 is 0 Å². The minimum absolute atomic E-state index is 0.0238. The van der Waals surface area contributed by atoms with Gasteiger partial charge in [-0.1, -0.05) is 140 Å². The summed E-state index contributed by atoms with van der Waals surface area (Å²) in [6.45, 7) is 6.84. The first-order valence-electron chi connectivity index (χ1n) is 21.4. The van der Waals surface area contributed by atoms with E-state index in [9.17, 15) is 9.46 Å². The van der Waals surface area contributed by atoms with E-state index in [0.717, 1.165) is 44.9 Å². The average molecular weight is 755 g/mol. The largest absolute Gasteiger partial charge is 0.472 e. The zero-order valence-electron chi connectivity index (χ0n) is 34.8. The van der Waals surface area contributed by atoms with Gasteiger partial charge in [0.15, 0.2) is 0 Å². The predicted molar refractivity (Wildman–Crippen MR) is 224 cm³/mol. The Hall–Kier alpha value is -1.05. The van der Waals surface area contributed by atoms with Gasteiger partial charge < -0.3 is 18.9 Å². The number of ether oxygens (including phenoxy) is 2. The van der Waals surface area contributed by atoms with Gasteiger partial charge in [0.2, 0.25) is 0 Å². The smallest absolute Gasteiger partial charge is 0.379 e. The molecule has 0 aliphatic heterocycles. The van der Waals surface area contributed by atoms with Crippen molar-refractivity contribution in [2.24, 2.45) is 0 Å². The predicted octanol–water partition coefficient (Wildman–Crippen LogP) is 12.9. The summed E-state index contributed by atoms with van der Waals surface area (Å²) < 4.78 is 35.7. The first kappa shape index (κ1) is 51.0. The van der Waals surface area contributed by atoms with Crippen LogP contribution in [0, 0.1) is 0 Å². The second-order valence-corrected chi connectivity index (χ2v) is 16.8. The fourth-order valence-corrected chi connectivity index (χ4v) is 6.28. The average Bonchev–Trinajstić information content (AvgIpc) is 3.10. The minimum atomic E-state index is -4.15. The number of quaternary nitrogens is 1. The normalized spacial score (nSPS) is 14.5. The second-order valence-electron chi connectivity index (χ2n) is 15.3. The van der Waals surface area contributed by atoms with Gasteiger partial charge in [-0.15, -0.1) is 0 Å². The number of phosphoric acid groups is 1. The first-order valence-corrected chi connectivity index (χ1v) is 22.9. The summed E-state index contributed by atoms with van der Waals surface area (Å²) in [5.41, 5.74) is 0. The van der Waals surface area contributed by atoms with Crippen LogP contribution in [0.1, 0.15) is 168 Å². The zero-order valence-corrected chi connectivity index (χ0v) is 35.7. The molecule has 8 heteroatoms. The maximum absolute atomic E-state index is 12.5. The lowest BCUT2D eigenvalue weighted by Gasteiger charge is -2.24. The summed E-state index contributed by atoms with van der Waals surface area (Å²) in [6, 6.07) is 0. The molecule has 0 fully saturated rings. The number of hydrogen-bond acceptors (Lipinski definition) is 5. The quantitative estimate of drug-likeness (QED) is 0.0291. The monoisotopic (exact) mass is 755 g/mol. The molecule has 1 N–H and O–H groups in total. The maximum Gasteiger partial charge on any atom is 0.472 e. The topological polar surface area (TPSA) is 74.2 Å². The molecule has 0 saturated carbocycles. The minimum Gasteiger partial charge on any atom is -0.379 e. The Morgan fingerprint density at radius 2 is 0.942 bits per heavy atom. The van der Waals surface area contributed by atoms with Crippen LogP contribution in [0.4, 0.5) is 0 Å². The molecule has 1 unspecified atom stereocenters. The van der Waals surface area contributed by atoms with E-state index in [2.05, 4.69) is 62.5 Å². The van der Waals surface area contributed by atoms with Crippen molar-refractivity contribution in [3.8, 4) is 0 Å². The van der Waals surface area contributed by atoms with Crippen molar-refractivity contribution in [1.29, 1.82) is 0 Å². The molecule has 0 aliphatic rings. The Morgan fingerprint density at radius 3 is 1.40 bits per heavy atom. The lowest BCUT2D eigenvalue weighted by molar-refractivity contribution is -0.870. The van der Waals surface area contributed by atoms with Gasteiger partial charge >= 0.3 is 7.82 Å². The fraction of sp³-hybridized carbons (Fsp3) is 0.818. The van der Waals surface area contributed by atoms with Crippen molar-refractivity contribution < 1.29 is 32.5 Å². The van der Waals surface area contributed by atoms with Gasteiger partial charge in [-0.05, 0) is 77.0 Å².